The van der Waals surface area contributed by atoms with Crippen LogP contribution in [0.5, 0.6) is 0 Å². The van der Waals surface area contributed by atoms with Gasteiger partial charge >= 0.3 is 0 Å². The Morgan fingerprint density at radius 3 is 1.92 bits per heavy atom. The Labute approximate surface area is 221 Å². The number of hydrogen-bond acceptors (Lipinski definition) is 9. The van der Waals surface area contributed by atoms with E-state index in [2.05, 4.69) is 15.3 Å². The fourth-order valence-corrected chi connectivity index (χ4v) is 3.74. The van der Waals surface area contributed by atoms with Crippen molar-refractivity contribution in [2.45, 2.75) is 25.3 Å². The number of rotatable bonds is 7. The smallest absolute Gasteiger partial charge is 0.295 e. The number of anilines is 1. The summed E-state index contributed by atoms with van der Waals surface area (Å²) >= 11 is 0. The first-order valence-corrected chi connectivity index (χ1v) is 12.9. The van der Waals surface area contributed by atoms with Crippen molar-refractivity contribution in [1.82, 2.24) is 9.78 Å². The van der Waals surface area contributed by atoms with Crippen LogP contribution in [0.4, 0.5) is 17.1 Å². The molecule has 0 fully saturated rings. The van der Waals surface area contributed by atoms with E-state index in [0.29, 0.717) is 22.8 Å². The summed E-state index contributed by atoms with van der Waals surface area (Å²) in [6, 6.07) is 22.0. The first-order valence-electron chi connectivity index (χ1n) is 11.5. The molecule has 0 spiro atoms. The van der Waals surface area contributed by atoms with Crippen molar-refractivity contribution in [3.05, 3.63) is 96.1 Å². The van der Waals surface area contributed by atoms with Gasteiger partial charge < -0.3 is 9.45 Å². The number of nitrogen functional groups attached to an aromatic ring is 1. The van der Waals surface area contributed by atoms with Gasteiger partial charge in [-0.1, -0.05) is 30.3 Å². The van der Waals surface area contributed by atoms with Crippen LogP contribution in [0.25, 0.3) is 0 Å². The van der Waals surface area contributed by atoms with Crippen molar-refractivity contribution in [3.63, 3.8) is 0 Å². The summed E-state index contributed by atoms with van der Waals surface area (Å²) in [5, 5.41) is 12.2. The zero-order chi connectivity index (χ0) is 27.9. The van der Waals surface area contributed by atoms with Gasteiger partial charge in [0.2, 0.25) is 0 Å². The molecule has 0 saturated carbocycles. The maximum atomic E-state index is 12.0. The first kappa shape index (κ1) is 28.2. The molecule has 0 atom stereocenters. The predicted molar refractivity (Wildman–Crippen MR) is 142 cm³/mol. The molecule has 0 aliphatic carbocycles. The van der Waals surface area contributed by atoms with Crippen LogP contribution in [0, 0.1) is 13.8 Å². The van der Waals surface area contributed by atoms with Crippen molar-refractivity contribution in [3.8, 4) is 0 Å². The van der Waals surface area contributed by atoms with Gasteiger partial charge in [-0.05, 0) is 48.5 Å². The second kappa shape index (κ2) is 12.2. The van der Waals surface area contributed by atoms with Gasteiger partial charge in [0, 0.05) is 44.3 Å². The fraction of sp³-hybridized carbons (Fsp3) is 0.192. The monoisotopic (exact) mass is 535 g/mol. The molecule has 0 amide bonds. The summed E-state index contributed by atoms with van der Waals surface area (Å²) in [5.41, 5.74) is 2.89. The van der Waals surface area contributed by atoms with Crippen molar-refractivity contribution >= 4 is 33.0 Å². The number of nitrogens with two attached hydrogens (primary N) is 1. The molecule has 4 rings (SSSR count). The Morgan fingerprint density at radius 1 is 0.947 bits per heavy atom. The molecule has 3 aromatic carbocycles. The summed E-state index contributed by atoms with van der Waals surface area (Å²) in [6.45, 7) is 3.84. The van der Waals surface area contributed by atoms with Crippen LogP contribution < -0.4 is 15.4 Å². The fourth-order valence-electron chi connectivity index (χ4n) is 3.27. The second-order valence-corrected chi connectivity index (χ2v) is 9.85. The zero-order valence-corrected chi connectivity index (χ0v) is 22.3. The predicted octanol–water partition coefficient (Wildman–Crippen LogP) is 3.46. The molecule has 11 nitrogen and oxygen atoms in total. The molecule has 0 radical (unpaired) electrons. The number of benzene rings is 3. The number of nitrogens with zero attached hydrogens (tertiary/aromatic N) is 6. The highest BCUT2D eigenvalue weighted by atomic mass is 32.2. The highest BCUT2D eigenvalue weighted by Gasteiger charge is 2.20. The highest BCUT2D eigenvalue weighted by molar-refractivity contribution is 7.85. The maximum Gasteiger partial charge on any atom is 0.295 e. The van der Waals surface area contributed by atoms with Gasteiger partial charge in [-0.2, -0.15) is 10.2 Å². The molecule has 0 aliphatic heterocycles. The Balaban J connectivity index is 0.000000215. The number of aromatic nitrogens is 3. The van der Waals surface area contributed by atoms with Gasteiger partial charge in [-0.15, -0.1) is 9.36 Å². The minimum atomic E-state index is -4.43. The van der Waals surface area contributed by atoms with E-state index in [1.807, 2.05) is 68.4 Å². The molecule has 1 aromatic heterocycles. The highest BCUT2D eigenvalue weighted by Crippen LogP contribution is 2.22. The number of ketones is 1. The maximum absolute atomic E-state index is 12.0. The molecule has 38 heavy (non-hydrogen) atoms. The molecule has 12 heteroatoms. The summed E-state index contributed by atoms with van der Waals surface area (Å²) in [7, 11) is -0.533. The molecule has 0 unspecified atom stereocenters. The molecule has 4 aromatic rings. The van der Waals surface area contributed by atoms with E-state index in [9.17, 15) is 17.8 Å². The Kier molecular flexibility index (Phi) is 9.05. The molecule has 1 heterocycles. The summed E-state index contributed by atoms with van der Waals surface area (Å²) in [5.74, 6) is 7.20. The lowest BCUT2D eigenvalue weighted by Crippen LogP contribution is -2.48. The molecule has 0 saturated heterocycles. The van der Waals surface area contributed by atoms with E-state index in [0.717, 1.165) is 11.5 Å². The van der Waals surface area contributed by atoms with Crippen LogP contribution in [-0.2, 0) is 16.7 Å². The van der Waals surface area contributed by atoms with E-state index in [4.69, 9.17) is 5.84 Å². The number of aryl methyl sites for hydroxylation is 1. The zero-order valence-electron chi connectivity index (χ0n) is 21.5. The van der Waals surface area contributed by atoms with Gasteiger partial charge in [-0.25, -0.2) is 8.42 Å². The lowest BCUT2D eigenvalue weighted by molar-refractivity contribution is -0.652. The molecular weight excluding hydrogens is 506 g/mol. The first-order chi connectivity index (χ1) is 18.0. The van der Waals surface area contributed by atoms with Crippen molar-refractivity contribution < 1.29 is 22.4 Å². The van der Waals surface area contributed by atoms with E-state index < -0.39 is 10.1 Å². The number of Topliss-reactive ketones (excluding diaryl/α,β-unsaturated/α-hetero) is 1. The summed E-state index contributed by atoms with van der Waals surface area (Å²) in [4.78, 5) is 13.7. The van der Waals surface area contributed by atoms with Crippen LogP contribution in [0.2, 0.25) is 0 Å². The Morgan fingerprint density at radius 2 is 1.47 bits per heavy atom. The van der Waals surface area contributed by atoms with Gasteiger partial charge in [0.05, 0.1) is 16.3 Å². The van der Waals surface area contributed by atoms with E-state index in [-0.39, 0.29) is 17.2 Å². The number of carbonyl (C=O) groups is 1. The van der Waals surface area contributed by atoms with Crippen molar-refractivity contribution in [2.24, 2.45) is 10.2 Å². The lowest BCUT2D eigenvalue weighted by Gasteiger charge is -2.11. The third kappa shape index (κ3) is 7.54. The molecule has 0 aliphatic rings. The largest absolute Gasteiger partial charge is 0.744 e. The number of carbonyl (C=O) groups excluding carboxylic acids is 1. The molecular formula is C26H29N7O4S. The van der Waals surface area contributed by atoms with Gasteiger partial charge in [0.15, 0.2) is 12.3 Å². The summed E-state index contributed by atoms with van der Waals surface area (Å²) in [6.07, 6.45) is 0. The third-order valence-corrected chi connectivity index (χ3v) is 6.35. The number of hydrogen-bond donors (Lipinski definition) is 1. The van der Waals surface area contributed by atoms with Crippen LogP contribution in [-0.4, -0.2) is 42.6 Å². The topological polar surface area (TPSA) is 150 Å². The van der Waals surface area contributed by atoms with Gasteiger partial charge in [0.1, 0.15) is 10.1 Å². The van der Waals surface area contributed by atoms with Crippen molar-refractivity contribution in [1.29, 1.82) is 0 Å². The molecule has 0 bridgehead atoms. The van der Waals surface area contributed by atoms with E-state index >= 15 is 0 Å². The standard InChI is InChI=1S/C14H15N3O3S.C12H15N4O/c1-17(2)13-7-3-11(4-8-13)15-16-12-5-9-14(10-6-12)21(18,19)20;1-9-14-15(10(2)16(9)13)8-12(17)11-6-4-3-5-7-11/h3-10H,1-2H3,(H,18,19,20);3-7H,8,13H2,1-2H3/q;+1/p-1. The Bertz CT molecular complexity index is 1510. The van der Waals surface area contributed by atoms with E-state index in [1.54, 1.807) is 23.7 Å². The van der Waals surface area contributed by atoms with Crippen LogP contribution in [0.15, 0.2) is 94.0 Å². The van der Waals surface area contributed by atoms with Crippen LogP contribution in [0.1, 0.15) is 22.0 Å². The van der Waals surface area contributed by atoms with Gasteiger partial charge in [0.25, 0.3) is 11.6 Å². The van der Waals surface area contributed by atoms with Crippen LogP contribution >= 0.6 is 0 Å². The minimum absolute atomic E-state index is 0.0248. The summed E-state index contributed by atoms with van der Waals surface area (Å²) < 4.78 is 35.5. The van der Waals surface area contributed by atoms with Crippen LogP contribution in [0.3, 0.4) is 0 Å². The lowest BCUT2D eigenvalue weighted by atomic mass is 10.1. The van der Waals surface area contributed by atoms with Gasteiger partial charge in [-0.3, -0.25) is 10.6 Å². The Hall–Kier alpha value is -4.42. The second-order valence-electron chi connectivity index (χ2n) is 8.47. The average Bonchev–Trinajstić information content (AvgIpc) is 3.14. The SMILES string of the molecule is CN(C)c1ccc(N=Nc2ccc(S(=O)(=O)[O-])cc2)cc1.Cc1nn(CC(=O)c2ccccc2)c(C)[n+]1N. The normalized spacial score (nSPS) is 11.2. The molecule has 2 N–H and O–H groups in total. The third-order valence-electron chi connectivity index (χ3n) is 5.50. The average molecular weight is 536 g/mol. The quantitative estimate of drug-likeness (QED) is 0.125. The van der Waals surface area contributed by atoms with Crippen molar-refractivity contribution in [2.75, 3.05) is 24.8 Å². The number of azo groups is 1. The molecule has 198 valence electrons. The minimum Gasteiger partial charge on any atom is -0.744 e. The van der Waals surface area contributed by atoms with E-state index in [1.165, 1.54) is 28.9 Å².